The summed E-state index contributed by atoms with van der Waals surface area (Å²) in [5.74, 6) is 1.36. The van der Waals surface area contributed by atoms with Crippen molar-refractivity contribution in [2.24, 2.45) is 0 Å². The van der Waals surface area contributed by atoms with Gasteiger partial charge in [0.25, 0.3) is 0 Å². The van der Waals surface area contributed by atoms with Crippen LogP contribution >= 0.6 is 11.3 Å². The first-order valence-corrected chi connectivity index (χ1v) is 9.74. The molecule has 0 aliphatic heterocycles. The lowest BCUT2D eigenvalue weighted by Crippen LogP contribution is -2.13. The fraction of sp³-hybridized carbons (Fsp3) is 0.190. The normalized spacial score (nSPS) is 11.1. The van der Waals surface area contributed by atoms with Crippen molar-refractivity contribution in [2.75, 3.05) is 10.6 Å². The molecule has 2 aromatic heterocycles. The van der Waals surface area contributed by atoms with Crippen molar-refractivity contribution >= 4 is 39.0 Å². The third-order valence-corrected chi connectivity index (χ3v) is 4.93. The highest BCUT2D eigenvalue weighted by Crippen LogP contribution is 2.27. The number of nitrogens with one attached hydrogen (secondary N) is 2. The summed E-state index contributed by atoms with van der Waals surface area (Å²) in [6.07, 6.45) is 0. The Kier molecular flexibility index (Phi) is 4.73. The van der Waals surface area contributed by atoms with E-state index in [1.165, 1.54) is 4.70 Å². The number of fused-ring (bicyclic) bond motifs is 1. The molecule has 0 saturated carbocycles. The summed E-state index contributed by atoms with van der Waals surface area (Å²) < 4.78 is 1.19. The van der Waals surface area contributed by atoms with Crippen molar-refractivity contribution < 1.29 is 0 Å². The Labute approximate surface area is 162 Å². The number of hydrogen-bond donors (Lipinski definition) is 2. The molecule has 6 heteroatoms. The van der Waals surface area contributed by atoms with Gasteiger partial charge in [0, 0.05) is 23.4 Å². The van der Waals surface area contributed by atoms with E-state index in [2.05, 4.69) is 69.8 Å². The van der Waals surface area contributed by atoms with E-state index in [1.54, 1.807) is 11.3 Å². The maximum atomic E-state index is 4.67. The Hall–Kier alpha value is -2.99. The van der Waals surface area contributed by atoms with Crippen molar-refractivity contribution in [3.63, 3.8) is 0 Å². The minimum atomic E-state index is 0.248. The second kappa shape index (κ2) is 7.32. The van der Waals surface area contributed by atoms with Crippen LogP contribution < -0.4 is 10.6 Å². The maximum absolute atomic E-state index is 4.67. The molecule has 0 bridgehead atoms. The largest absolute Gasteiger partial charge is 0.352 e. The maximum Gasteiger partial charge on any atom is 0.225 e. The lowest BCUT2D eigenvalue weighted by atomic mass is 10.1. The Morgan fingerprint density at radius 2 is 1.74 bits per heavy atom. The molecule has 4 aromatic rings. The highest BCUT2D eigenvalue weighted by molar-refractivity contribution is 7.18. The van der Waals surface area contributed by atoms with Crippen LogP contribution in [0, 0.1) is 6.92 Å². The number of benzene rings is 2. The van der Waals surface area contributed by atoms with Gasteiger partial charge in [-0.1, -0.05) is 30.3 Å². The van der Waals surface area contributed by atoms with Crippen LogP contribution in [-0.4, -0.2) is 21.0 Å². The van der Waals surface area contributed by atoms with E-state index in [0.29, 0.717) is 5.95 Å². The van der Waals surface area contributed by atoms with Gasteiger partial charge in [-0.15, -0.1) is 11.3 Å². The molecule has 4 rings (SSSR count). The standard InChI is InChI=1S/C21H21N5S/c1-13(2)22-21-25-17(15-7-5-4-6-8-15)12-20(26-21)24-16-9-10-19-18(11-16)23-14(3)27-19/h4-13H,1-3H3,(H2,22,24,25,26). The van der Waals surface area contributed by atoms with Gasteiger partial charge in [-0.25, -0.2) is 9.97 Å². The van der Waals surface area contributed by atoms with Gasteiger partial charge >= 0.3 is 0 Å². The summed E-state index contributed by atoms with van der Waals surface area (Å²) in [7, 11) is 0. The predicted octanol–water partition coefficient (Wildman–Crippen LogP) is 5.63. The topological polar surface area (TPSA) is 62.7 Å². The minimum Gasteiger partial charge on any atom is -0.352 e. The van der Waals surface area contributed by atoms with E-state index in [9.17, 15) is 0 Å². The molecule has 5 nitrogen and oxygen atoms in total. The summed E-state index contributed by atoms with van der Waals surface area (Å²) in [5, 5.41) is 7.77. The van der Waals surface area contributed by atoms with Crippen LogP contribution in [0.25, 0.3) is 21.5 Å². The SMILES string of the molecule is Cc1nc2cc(Nc3cc(-c4ccccc4)nc(NC(C)C)n3)ccc2s1. The van der Waals surface area contributed by atoms with Crippen molar-refractivity contribution in [2.45, 2.75) is 26.8 Å². The van der Waals surface area contributed by atoms with Gasteiger partial charge in [-0.05, 0) is 39.0 Å². The van der Waals surface area contributed by atoms with Gasteiger partial charge in [0.05, 0.1) is 20.9 Å². The minimum absolute atomic E-state index is 0.248. The molecule has 0 spiro atoms. The van der Waals surface area contributed by atoms with Crippen LogP contribution in [0.4, 0.5) is 17.5 Å². The molecule has 0 atom stereocenters. The first-order chi connectivity index (χ1) is 13.1. The number of aromatic nitrogens is 3. The van der Waals surface area contributed by atoms with Gasteiger partial charge in [0.1, 0.15) is 5.82 Å². The molecule has 0 saturated heterocycles. The molecule has 136 valence electrons. The summed E-state index contributed by atoms with van der Waals surface area (Å²) in [5.41, 5.74) is 3.89. The monoisotopic (exact) mass is 375 g/mol. The number of nitrogens with zero attached hydrogens (tertiary/aromatic N) is 3. The summed E-state index contributed by atoms with van der Waals surface area (Å²) in [4.78, 5) is 13.9. The summed E-state index contributed by atoms with van der Waals surface area (Å²) in [6.45, 7) is 6.17. The molecule has 0 amide bonds. The van der Waals surface area contributed by atoms with Gasteiger partial charge < -0.3 is 10.6 Å². The molecule has 2 aromatic carbocycles. The quantitative estimate of drug-likeness (QED) is 0.474. The molecule has 2 N–H and O–H groups in total. The van der Waals surface area contributed by atoms with Gasteiger partial charge in [-0.2, -0.15) is 4.98 Å². The van der Waals surface area contributed by atoms with Crippen LogP contribution in [0.5, 0.6) is 0 Å². The van der Waals surface area contributed by atoms with E-state index in [4.69, 9.17) is 0 Å². The molecular formula is C21H21N5S. The third-order valence-electron chi connectivity index (χ3n) is 3.98. The first kappa shape index (κ1) is 17.4. The van der Waals surface area contributed by atoms with Crippen molar-refractivity contribution in [3.05, 3.63) is 59.6 Å². The van der Waals surface area contributed by atoms with Crippen molar-refractivity contribution in [1.82, 2.24) is 15.0 Å². The summed E-state index contributed by atoms with van der Waals surface area (Å²) >= 11 is 1.70. The van der Waals surface area contributed by atoms with Crippen LogP contribution in [-0.2, 0) is 0 Å². The Morgan fingerprint density at radius 3 is 2.52 bits per heavy atom. The van der Waals surface area contributed by atoms with Gasteiger partial charge in [0.15, 0.2) is 0 Å². The van der Waals surface area contributed by atoms with E-state index < -0.39 is 0 Å². The molecule has 0 fully saturated rings. The number of thiazole rings is 1. The molecular weight excluding hydrogens is 354 g/mol. The first-order valence-electron chi connectivity index (χ1n) is 8.92. The smallest absolute Gasteiger partial charge is 0.225 e. The van der Waals surface area contributed by atoms with Crippen LogP contribution in [0.1, 0.15) is 18.9 Å². The number of hydrogen-bond acceptors (Lipinski definition) is 6. The zero-order valence-electron chi connectivity index (χ0n) is 15.5. The number of anilines is 3. The van der Waals surface area contributed by atoms with E-state index in [1.807, 2.05) is 31.2 Å². The van der Waals surface area contributed by atoms with Crippen LogP contribution in [0.15, 0.2) is 54.6 Å². The molecule has 0 radical (unpaired) electrons. The summed E-state index contributed by atoms with van der Waals surface area (Å²) in [6, 6.07) is 18.5. The van der Waals surface area contributed by atoms with Crippen molar-refractivity contribution in [3.8, 4) is 11.3 Å². The Morgan fingerprint density at radius 1 is 0.926 bits per heavy atom. The zero-order valence-corrected chi connectivity index (χ0v) is 16.3. The van der Waals surface area contributed by atoms with Crippen molar-refractivity contribution in [1.29, 1.82) is 0 Å². The fourth-order valence-electron chi connectivity index (χ4n) is 2.86. The number of rotatable bonds is 5. The molecule has 2 heterocycles. The average Bonchev–Trinajstić information content (AvgIpc) is 3.01. The highest BCUT2D eigenvalue weighted by Gasteiger charge is 2.09. The van der Waals surface area contributed by atoms with Crippen LogP contribution in [0.2, 0.25) is 0 Å². The van der Waals surface area contributed by atoms with Gasteiger partial charge in [0.2, 0.25) is 5.95 Å². The number of aryl methyl sites for hydroxylation is 1. The van der Waals surface area contributed by atoms with E-state index >= 15 is 0 Å². The van der Waals surface area contributed by atoms with E-state index in [-0.39, 0.29) is 6.04 Å². The lowest BCUT2D eigenvalue weighted by molar-refractivity contribution is 0.876. The molecule has 0 unspecified atom stereocenters. The molecule has 27 heavy (non-hydrogen) atoms. The van der Waals surface area contributed by atoms with E-state index in [0.717, 1.165) is 33.3 Å². The lowest BCUT2D eigenvalue weighted by Gasteiger charge is -2.13. The fourth-order valence-corrected chi connectivity index (χ4v) is 3.67. The Balaban J connectivity index is 1.71. The predicted molar refractivity (Wildman–Crippen MR) is 114 cm³/mol. The van der Waals surface area contributed by atoms with Gasteiger partial charge in [-0.3, -0.25) is 0 Å². The molecule has 0 aliphatic rings. The zero-order chi connectivity index (χ0) is 18.8. The molecule has 0 aliphatic carbocycles. The second-order valence-electron chi connectivity index (χ2n) is 6.67. The highest BCUT2D eigenvalue weighted by atomic mass is 32.1. The Bertz CT molecular complexity index is 1070. The van der Waals surface area contributed by atoms with Crippen LogP contribution in [0.3, 0.4) is 0 Å². The third kappa shape index (κ3) is 4.06. The second-order valence-corrected chi connectivity index (χ2v) is 7.90. The average molecular weight is 376 g/mol.